The fourth-order valence-electron chi connectivity index (χ4n) is 3.99. The number of nitrogens with one attached hydrogen (secondary N) is 1. The molecule has 3 heteroatoms. The van der Waals surface area contributed by atoms with Gasteiger partial charge < -0.3 is 5.32 Å². The summed E-state index contributed by atoms with van der Waals surface area (Å²) in [7, 11) is 0. The van der Waals surface area contributed by atoms with Crippen LogP contribution < -0.4 is 5.32 Å². The van der Waals surface area contributed by atoms with Gasteiger partial charge in [0, 0.05) is 48.3 Å². The summed E-state index contributed by atoms with van der Waals surface area (Å²) in [5.41, 5.74) is 1.60. The van der Waals surface area contributed by atoms with Gasteiger partial charge in [-0.05, 0) is 36.8 Å². The van der Waals surface area contributed by atoms with Gasteiger partial charge in [0.1, 0.15) is 0 Å². The highest BCUT2D eigenvalue weighted by Gasteiger charge is 2.39. The van der Waals surface area contributed by atoms with Crippen LogP contribution in [0.25, 0.3) is 0 Å². The minimum absolute atomic E-state index is 0.698. The Hall–Kier alpha value is -0.510. The number of rotatable bonds is 4. The van der Waals surface area contributed by atoms with E-state index in [1.54, 1.807) is 5.56 Å². The summed E-state index contributed by atoms with van der Waals surface area (Å²) >= 11 is 2.05. The van der Waals surface area contributed by atoms with Crippen molar-refractivity contribution in [1.82, 2.24) is 10.2 Å². The fraction of sp³-hybridized carbons (Fsp3) is 0.667. The lowest BCUT2D eigenvalue weighted by atomic mass is 9.97. The summed E-state index contributed by atoms with van der Waals surface area (Å²) < 4.78 is 0. The zero-order valence-electron chi connectivity index (χ0n) is 12.9. The molecule has 1 saturated heterocycles. The minimum Gasteiger partial charge on any atom is -0.311 e. The quantitative estimate of drug-likeness (QED) is 0.918. The molecule has 2 heterocycles. The van der Waals surface area contributed by atoms with E-state index in [4.69, 9.17) is 0 Å². The molecule has 21 heavy (non-hydrogen) atoms. The van der Waals surface area contributed by atoms with E-state index in [0.29, 0.717) is 6.04 Å². The number of hydrogen-bond donors (Lipinski definition) is 1. The van der Waals surface area contributed by atoms with Crippen LogP contribution in [0.5, 0.6) is 0 Å². The Bertz CT molecular complexity index is 500. The molecule has 114 valence electrons. The van der Waals surface area contributed by atoms with E-state index in [1.807, 2.05) is 0 Å². The van der Waals surface area contributed by atoms with Gasteiger partial charge in [0.05, 0.1) is 0 Å². The zero-order chi connectivity index (χ0) is 14.2. The van der Waals surface area contributed by atoms with Crippen LogP contribution in [-0.4, -0.2) is 42.4 Å². The van der Waals surface area contributed by atoms with E-state index >= 15 is 0 Å². The van der Waals surface area contributed by atoms with Crippen molar-refractivity contribution in [3.05, 3.63) is 29.8 Å². The second kappa shape index (κ2) is 5.94. The molecule has 0 amide bonds. The van der Waals surface area contributed by atoms with Crippen molar-refractivity contribution in [1.29, 1.82) is 0 Å². The van der Waals surface area contributed by atoms with Gasteiger partial charge in [-0.2, -0.15) is 0 Å². The van der Waals surface area contributed by atoms with Gasteiger partial charge in [-0.25, -0.2) is 0 Å². The highest BCUT2D eigenvalue weighted by atomic mass is 32.2. The number of thioether (sulfide) groups is 1. The third-order valence-electron chi connectivity index (χ3n) is 5.45. The molecule has 1 aromatic carbocycles. The first kappa shape index (κ1) is 14.1. The summed E-state index contributed by atoms with van der Waals surface area (Å²) in [5, 5.41) is 3.77. The van der Waals surface area contributed by atoms with E-state index in [0.717, 1.165) is 17.9 Å². The molecule has 3 atom stereocenters. The highest BCUT2D eigenvalue weighted by molar-refractivity contribution is 7.99. The Morgan fingerprint density at radius 1 is 1.29 bits per heavy atom. The lowest BCUT2D eigenvalue weighted by molar-refractivity contribution is 0.108. The normalized spacial score (nSPS) is 33.1. The standard InChI is InChI=1S/C18H26N2S/c1-2-15-11-20(17(9-19-15)13-7-8-13)10-14-12-21-18-6-4-3-5-16(14)18/h3-6,13-15,17,19H,2,7-12H2,1H3. The molecule has 0 aromatic heterocycles. The van der Waals surface area contributed by atoms with Crippen molar-refractivity contribution in [3.63, 3.8) is 0 Å². The van der Waals surface area contributed by atoms with Gasteiger partial charge in [-0.3, -0.25) is 4.90 Å². The van der Waals surface area contributed by atoms with E-state index in [1.165, 1.54) is 49.5 Å². The lowest BCUT2D eigenvalue weighted by Gasteiger charge is -2.41. The van der Waals surface area contributed by atoms with Crippen molar-refractivity contribution in [3.8, 4) is 0 Å². The van der Waals surface area contributed by atoms with Crippen LogP contribution in [0.3, 0.4) is 0 Å². The van der Waals surface area contributed by atoms with Gasteiger partial charge in [0.2, 0.25) is 0 Å². The highest BCUT2D eigenvalue weighted by Crippen LogP contribution is 2.42. The maximum Gasteiger partial charge on any atom is 0.0249 e. The summed E-state index contributed by atoms with van der Waals surface area (Å²) in [6, 6.07) is 10.5. The van der Waals surface area contributed by atoms with E-state index in [-0.39, 0.29) is 0 Å². The first-order chi connectivity index (χ1) is 10.3. The first-order valence-corrected chi connectivity index (χ1v) is 9.53. The van der Waals surface area contributed by atoms with Crippen LogP contribution >= 0.6 is 11.8 Å². The topological polar surface area (TPSA) is 15.3 Å². The number of nitrogens with zero attached hydrogens (tertiary/aromatic N) is 1. The van der Waals surface area contributed by atoms with Gasteiger partial charge in [0.25, 0.3) is 0 Å². The Morgan fingerprint density at radius 2 is 2.14 bits per heavy atom. The van der Waals surface area contributed by atoms with E-state index < -0.39 is 0 Å². The summed E-state index contributed by atoms with van der Waals surface area (Å²) in [6.45, 7) is 6.04. The van der Waals surface area contributed by atoms with Crippen LogP contribution in [0, 0.1) is 5.92 Å². The zero-order valence-corrected chi connectivity index (χ0v) is 13.7. The SMILES string of the molecule is CCC1CN(CC2CSc3ccccc32)C(C2CC2)CN1. The molecule has 3 unspecified atom stereocenters. The Morgan fingerprint density at radius 3 is 2.95 bits per heavy atom. The molecule has 1 saturated carbocycles. The maximum atomic E-state index is 3.77. The van der Waals surface area contributed by atoms with Crippen LogP contribution in [0.2, 0.25) is 0 Å². The summed E-state index contributed by atoms with van der Waals surface area (Å²) in [5.74, 6) is 2.99. The van der Waals surface area contributed by atoms with Crippen molar-refractivity contribution in [2.24, 2.45) is 5.92 Å². The number of piperazine rings is 1. The Labute approximate surface area is 132 Å². The predicted octanol–water partition coefficient (Wildman–Crippen LogP) is 3.34. The predicted molar refractivity (Wildman–Crippen MR) is 90.1 cm³/mol. The molecule has 3 aliphatic rings. The summed E-state index contributed by atoms with van der Waals surface area (Å²) in [4.78, 5) is 4.35. The molecule has 0 radical (unpaired) electrons. The van der Waals surface area contributed by atoms with E-state index in [2.05, 4.69) is 53.2 Å². The van der Waals surface area contributed by atoms with Gasteiger partial charge in [-0.1, -0.05) is 25.1 Å². The van der Waals surface area contributed by atoms with Crippen LogP contribution in [-0.2, 0) is 0 Å². The molecule has 2 nitrogen and oxygen atoms in total. The fourth-order valence-corrected chi connectivity index (χ4v) is 5.23. The minimum atomic E-state index is 0.698. The van der Waals surface area contributed by atoms with Crippen molar-refractivity contribution in [2.75, 3.05) is 25.4 Å². The molecular weight excluding hydrogens is 276 g/mol. The second-order valence-corrected chi connectivity index (χ2v) is 7.98. The largest absolute Gasteiger partial charge is 0.311 e. The molecule has 1 N–H and O–H groups in total. The molecule has 4 rings (SSSR count). The smallest absolute Gasteiger partial charge is 0.0249 e. The maximum absolute atomic E-state index is 3.77. The number of fused-ring (bicyclic) bond motifs is 1. The average Bonchev–Trinajstić information content (AvgIpc) is 3.29. The van der Waals surface area contributed by atoms with Gasteiger partial charge in [-0.15, -0.1) is 11.8 Å². The second-order valence-electron chi connectivity index (χ2n) is 6.92. The van der Waals surface area contributed by atoms with Crippen molar-refractivity contribution < 1.29 is 0 Å². The molecule has 1 aliphatic carbocycles. The molecule has 1 aromatic rings. The van der Waals surface area contributed by atoms with Crippen molar-refractivity contribution >= 4 is 11.8 Å². The molecule has 2 aliphatic heterocycles. The number of hydrogen-bond acceptors (Lipinski definition) is 3. The third-order valence-corrected chi connectivity index (χ3v) is 6.70. The molecular formula is C18H26N2S. The Balaban J connectivity index is 1.49. The lowest BCUT2D eigenvalue weighted by Crippen LogP contribution is -2.57. The first-order valence-electron chi connectivity index (χ1n) is 8.54. The number of benzene rings is 1. The van der Waals surface area contributed by atoms with Gasteiger partial charge in [0.15, 0.2) is 0 Å². The third kappa shape index (κ3) is 2.88. The van der Waals surface area contributed by atoms with Crippen LogP contribution in [0.15, 0.2) is 29.2 Å². The molecule has 2 fully saturated rings. The van der Waals surface area contributed by atoms with Crippen molar-refractivity contribution in [2.45, 2.75) is 49.1 Å². The monoisotopic (exact) mass is 302 g/mol. The van der Waals surface area contributed by atoms with E-state index in [9.17, 15) is 0 Å². The average molecular weight is 302 g/mol. The summed E-state index contributed by atoms with van der Waals surface area (Å²) in [6.07, 6.45) is 4.16. The van der Waals surface area contributed by atoms with Gasteiger partial charge >= 0.3 is 0 Å². The van der Waals surface area contributed by atoms with Crippen LogP contribution in [0.1, 0.15) is 37.7 Å². The molecule has 0 spiro atoms. The molecule has 0 bridgehead atoms. The van der Waals surface area contributed by atoms with Crippen LogP contribution in [0.4, 0.5) is 0 Å². The Kier molecular flexibility index (Phi) is 3.99.